The zero-order chi connectivity index (χ0) is 19.7. The number of nitriles is 1. The van der Waals surface area contributed by atoms with Crippen molar-refractivity contribution in [1.29, 1.82) is 5.26 Å². The van der Waals surface area contributed by atoms with Crippen LogP contribution >= 0.6 is 11.3 Å². The number of hydrogen-bond acceptors (Lipinski definition) is 6. The van der Waals surface area contributed by atoms with E-state index < -0.39 is 18.5 Å². The summed E-state index contributed by atoms with van der Waals surface area (Å²) in [5.74, 6) is -0.558. The summed E-state index contributed by atoms with van der Waals surface area (Å²) in [7, 11) is 0. The SMILES string of the molecule is C[C@H]1CCc2c(sc(NC(=O)COC(=O)c3cc4ccccc4o3)c2C#N)C1. The number of esters is 1. The number of furan rings is 1. The van der Waals surface area contributed by atoms with E-state index in [1.807, 2.05) is 18.2 Å². The van der Waals surface area contributed by atoms with Gasteiger partial charge in [0.15, 0.2) is 6.61 Å². The number of hydrogen-bond donors (Lipinski definition) is 1. The van der Waals surface area contributed by atoms with Gasteiger partial charge in [0.25, 0.3) is 5.91 Å². The molecule has 142 valence electrons. The molecule has 7 heteroatoms. The Bertz CT molecular complexity index is 1070. The predicted octanol–water partition coefficient (Wildman–Crippen LogP) is 4.29. The van der Waals surface area contributed by atoms with Gasteiger partial charge in [-0.2, -0.15) is 5.26 Å². The Kier molecular flexibility index (Phi) is 4.88. The molecule has 4 rings (SSSR count). The third kappa shape index (κ3) is 3.51. The van der Waals surface area contributed by atoms with Gasteiger partial charge in [-0.3, -0.25) is 4.79 Å². The zero-order valence-corrected chi connectivity index (χ0v) is 16.1. The maximum absolute atomic E-state index is 12.2. The van der Waals surface area contributed by atoms with E-state index in [1.165, 1.54) is 11.3 Å². The van der Waals surface area contributed by atoms with Gasteiger partial charge in [-0.05, 0) is 42.9 Å². The van der Waals surface area contributed by atoms with Gasteiger partial charge in [0.05, 0.1) is 5.56 Å². The Labute approximate surface area is 165 Å². The molecule has 0 aliphatic heterocycles. The lowest BCUT2D eigenvalue weighted by Gasteiger charge is -2.17. The first-order valence-corrected chi connectivity index (χ1v) is 9.87. The van der Waals surface area contributed by atoms with Crippen molar-refractivity contribution in [2.24, 2.45) is 5.92 Å². The molecule has 1 aromatic carbocycles. The number of benzene rings is 1. The van der Waals surface area contributed by atoms with Crippen LogP contribution in [0.2, 0.25) is 0 Å². The number of carbonyl (C=O) groups is 2. The molecule has 0 unspecified atom stereocenters. The van der Waals surface area contributed by atoms with Crippen molar-refractivity contribution in [3.05, 3.63) is 52.1 Å². The lowest BCUT2D eigenvalue weighted by atomic mass is 9.89. The Morgan fingerprint density at radius 2 is 2.21 bits per heavy atom. The summed E-state index contributed by atoms with van der Waals surface area (Å²) >= 11 is 1.44. The third-order valence-electron chi connectivity index (χ3n) is 4.84. The lowest BCUT2D eigenvalue weighted by molar-refractivity contribution is -0.119. The van der Waals surface area contributed by atoms with Gasteiger partial charge in [-0.1, -0.05) is 25.1 Å². The van der Waals surface area contributed by atoms with Gasteiger partial charge in [-0.15, -0.1) is 11.3 Å². The maximum Gasteiger partial charge on any atom is 0.374 e. The standard InChI is InChI=1S/C21H18N2O4S/c1-12-6-7-14-15(10-22)20(28-18(14)8-12)23-19(24)11-26-21(25)17-9-13-4-2-3-5-16(13)27-17/h2-5,9,12H,6-8,11H2,1H3,(H,23,24)/t12-/m0/s1. The fraction of sp³-hybridized carbons (Fsp3) is 0.286. The van der Waals surface area contributed by atoms with Crippen molar-refractivity contribution in [1.82, 2.24) is 0 Å². The van der Waals surface area contributed by atoms with E-state index in [4.69, 9.17) is 9.15 Å². The molecule has 0 bridgehead atoms. The summed E-state index contributed by atoms with van der Waals surface area (Å²) in [6.45, 7) is 1.74. The summed E-state index contributed by atoms with van der Waals surface area (Å²) < 4.78 is 10.5. The minimum Gasteiger partial charge on any atom is -0.450 e. The quantitative estimate of drug-likeness (QED) is 0.667. The third-order valence-corrected chi connectivity index (χ3v) is 6.01. The molecule has 0 saturated carbocycles. The van der Waals surface area contributed by atoms with Crippen molar-refractivity contribution in [2.75, 3.05) is 11.9 Å². The fourth-order valence-corrected chi connectivity index (χ4v) is 4.78. The number of nitrogens with one attached hydrogen (secondary N) is 1. The van der Waals surface area contributed by atoms with Gasteiger partial charge in [-0.25, -0.2) is 4.79 Å². The molecular formula is C21H18N2O4S. The molecule has 1 aliphatic carbocycles. The highest BCUT2D eigenvalue weighted by atomic mass is 32.1. The second-order valence-electron chi connectivity index (χ2n) is 6.94. The van der Waals surface area contributed by atoms with E-state index in [1.54, 1.807) is 12.1 Å². The highest BCUT2D eigenvalue weighted by molar-refractivity contribution is 7.16. The first kappa shape index (κ1) is 18.3. The number of carbonyl (C=O) groups excluding carboxylic acids is 2. The van der Waals surface area contributed by atoms with Gasteiger partial charge < -0.3 is 14.5 Å². The summed E-state index contributed by atoms with van der Waals surface area (Å²) in [4.78, 5) is 25.5. The lowest BCUT2D eigenvalue weighted by Crippen LogP contribution is -2.20. The maximum atomic E-state index is 12.2. The van der Waals surface area contributed by atoms with Crippen molar-refractivity contribution in [3.63, 3.8) is 0 Å². The number of ether oxygens (including phenoxy) is 1. The number of amides is 1. The molecule has 0 saturated heterocycles. The van der Waals surface area contributed by atoms with Crippen LogP contribution < -0.4 is 5.32 Å². The molecule has 0 spiro atoms. The second kappa shape index (κ2) is 7.49. The van der Waals surface area contributed by atoms with Gasteiger partial charge in [0, 0.05) is 10.3 Å². The number of fused-ring (bicyclic) bond motifs is 2. The average Bonchev–Trinajstić information content (AvgIpc) is 3.26. The monoisotopic (exact) mass is 394 g/mol. The van der Waals surface area contributed by atoms with Crippen molar-refractivity contribution in [2.45, 2.75) is 26.2 Å². The van der Waals surface area contributed by atoms with Crippen LogP contribution in [-0.4, -0.2) is 18.5 Å². The molecule has 0 fully saturated rings. The van der Waals surface area contributed by atoms with Crippen LogP contribution in [0.25, 0.3) is 11.0 Å². The van der Waals surface area contributed by atoms with E-state index in [2.05, 4.69) is 18.3 Å². The first-order chi connectivity index (χ1) is 13.5. The van der Waals surface area contributed by atoms with E-state index >= 15 is 0 Å². The number of nitrogens with zero attached hydrogens (tertiary/aromatic N) is 1. The van der Waals surface area contributed by atoms with Crippen LogP contribution in [0.3, 0.4) is 0 Å². The topological polar surface area (TPSA) is 92.3 Å². The van der Waals surface area contributed by atoms with Crippen molar-refractivity contribution >= 4 is 39.2 Å². The molecule has 2 heterocycles. The smallest absolute Gasteiger partial charge is 0.374 e. The first-order valence-electron chi connectivity index (χ1n) is 9.05. The number of rotatable bonds is 4. The molecule has 28 heavy (non-hydrogen) atoms. The summed E-state index contributed by atoms with van der Waals surface area (Å²) in [6.07, 6.45) is 2.82. The molecule has 2 aromatic heterocycles. The van der Waals surface area contributed by atoms with Crippen LogP contribution in [0, 0.1) is 17.2 Å². The summed E-state index contributed by atoms with van der Waals surface area (Å²) in [5.41, 5.74) is 2.15. The molecule has 0 radical (unpaired) electrons. The molecule has 3 aromatic rings. The minimum atomic E-state index is -0.703. The molecule has 1 atom stereocenters. The van der Waals surface area contributed by atoms with Crippen molar-refractivity contribution in [3.8, 4) is 6.07 Å². The van der Waals surface area contributed by atoms with Gasteiger partial charge >= 0.3 is 5.97 Å². The largest absolute Gasteiger partial charge is 0.450 e. The number of thiophene rings is 1. The Morgan fingerprint density at radius 3 is 3.00 bits per heavy atom. The number of para-hydroxylation sites is 1. The van der Waals surface area contributed by atoms with Crippen molar-refractivity contribution < 1.29 is 18.7 Å². The fourth-order valence-electron chi connectivity index (χ4n) is 3.40. The second-order valence-corrected chi connectivity index (χ2v) is 8.05. The molecule has 1 N–H and O–H groups in total. The molecule has 1 amide bonds. The van der Waals surface area contributed by atoms with E-state index in [-0.39, 0.29) is 5.76 Å². The van der Waals surface area contributed by atoms with Gasteiger partial charge in [0.2, 0.25) is 5.76 Å². The van der Waals surface area contributed by atoms with E-state index in [0.29, 0.717) is 22.1 Å². The average molecular weight is 394 g/mol. The van der Waals surface area contributed by atoms with Gasteiger partial charge in [0.1, 0.15) is 16.7 Å². The highest BCUT2D eigenvalue weighted by Crippen LogP contribution is 2.39. The summed E-state index contributed by atoms with van der Waals surface area (Å²) in [5, 5.41) is 13.5. The summed E-state index contributed by atoms with van der Waals surface area (Å²) in [6, 6.07) is 11.0. The minimum absolute atomic E-state index is 0.0484. The molecule has 6 nitrogen and oxygen atoms in total. The Hall–Kier alpha value is -3.11. The van der Waals surface area contributed by atoms with Crippen LogP contribution in [-0.2, 0) is 22.4 Å². The van der Waals surface area contributed by atoms with Crippen LogP contribution in [0.15, 0.2) is 34.7 Å². The van der Waals surface area contributed by atoms with E-state index in [9.17, 15) is 14.9 Å². The predicted molar refractivity (Wildman–Crippen MR) is 105 cm³/mol. The molecule has 1 aliphatic rings. The highest BCUT2D eigenvalue weighted by Gasteiger charge is 2.25. The normalized spacial score (nSPS) is 15.6. The van der Waals surface area contributed by atoms with Crippen LogP contribution in [0.5, 0.6) is 0 Å². The van der Waals surface area contributed by atoms with E-state index in [0.717, 1.165) is 35.1 Å². The van der Waals surface area contributed by atoms with Crippen LogP contribution in [0.1, 0.15) is 39.9 Å². The van der Waals surface area contributed by atoms with Crippen LogP contribution in [0.4, 0.5) is 5.00 Å². The number of anilines is 1. The molecular weight excluding hydrogens is 376 g/mol. The Balaban J connectivity index is 1.41. The Morgan fingerprint density at radius 1 is 1.39 bits per heavy atom. The zero-order valence-electron chi connectivity index (χ0n) is 15.3.